The largest absolute Gasteiger partial charge is 0.476 e. The molecule has 2 aliphatic rings. The van der Waals surface area contributed by atoms with Crippen molar-refractivity contribution in [1.82, 2.24) is 9.80 Å². The number of fused-ring (bicyclic) bond motifs is 1. The number of rotatable bonds is 6. The van der Waals surface area contributed by atoms with Crippen molar-refractivity contribution in [2.45, 2.75) is 18.4 Å². The van der Waals surface area contributed by atoms with Crippen LogP contribution in [0.25, 0.3) is 0 Å². The number of sulfonamides is 1. The summed E-state index contributed by atoms with van der Waals surface area (Å²) in [4.78, 5) is 17.5. The lowest BCUT2D eigenvalue weighted by atomic mass is 10.1. The monoisotopic (exact) mass is 491 g/mol. The zero-order chi connectivity index (χ0) is 24.3. The summed E-state index contributed by atoms with van der Waals surface area (Å²) in [7, 11) is -3.72. The Morgan fingerprint density at radius 1 is 0.800 bits per heavy atom. The van der Waals surface area contributed by atoms with Crippen molar-refractivity contribution in [3.8, 4) is 5.75 Å². The van der Waals surface area contributed by atoms with E-state index in [-0.39, 0.29) is 18.2 Å². The fourth-order valence-electron chi connectivity index (χ4n) is 4.63. The molecule has 0 aliphatic carbocycles. The molecule has 0 unspecified atom stereocenters. The molecule has 0 bridgehead atoms. The van der Waals surface area contributed by atoms with Gasteiger partial charge in [0, 0.05) is 32.7 Å². The van der Waals surface area contributed by atoms with E-state index in [0.717, 1.165) is 19.6 Å². The molecule has 5 rings (SSSR count). The van der Waals surface area contributed by atoms with Gasteiger partial charge < -0.3 is 9.64 Å². The Labute approximate surface area is 206 Å². The zero-order valence-corrected chi connectivity index (χ0v) is 20.3. The maximum absolute atomic E-state index is 13.4. The second-order valence-electron chi connectivity index (χ2n) is 8.93. The summed E-state index contributed by atoms with van der Waals surface area (Å²) < 4.78 is 34.2. The molecule has 35 heavy (non-hydrogen) atoms. The van der Waals surface area contributed by atoms with Gasteiger partial charge in [0.05, 0.1) is 18.0 Å². The fourth-order valence-corrected chi connectivity index (χ4v) is 6.21. The molecule has 0 spiro atoms. The van der Waals surface area contributed by atoms with Gasteiger partial charge in [0.25, 0.3) is 5.91 Å². The van der Waals surface area contributed by atoms with Crippen LogP contribution in [0.3, 0.4) is 0 Å². The van der Waals surface area contributed by atoms with Gasteiger partial charge in [-0.15, -0.1) is 0 Å². The molecule has 1 atom stereocenters. The highest BCUT2D eigenvalue weighted by molar-refractivity contribution is 7.92. The van der Waals surface area contributed by atoms with Gasteiger partial charge in [-0.3, -0.25) is 14.0 Å². The molecule has 7 nitrogen and oxygen atoms in total. The number of para-hydroxylation sites is 2. The van der Waals surface area contributed by atoms with E-state index in [0.29, 0.717) is 30.1 Å². The number of carbonyl (C=O) groups is 1. The molecule has 1 fully saturated rings. The number of hydrogen-bond acceptors (Lipinski definition) is 5. The Bertz CT molecular complexity index is 1260. The minimum atomic E-state index is -3.72. The maximum atomic E-state index is 13.4. The first-order valence-corrected chi connectivity index (χ1v) is 13.5. The lowest BCUT2D eigenvalue weighted by Crippen LogP contribution is -2.56. The van der Waals surface area contributed by atoms with E-state index >= 15 is 0 Å². The van der Waals surface area contributed by atoms with Gasteiger partial charge in [-0.05, 0) is 23.3 Å². The Morgan fingerprint density at radius 2 is 1.40 bits per heavy atom. The highest BCUT2D eigenvalue weighted by Gasteiger charge is 2.39. The van der Waals surface area contributed by atoms with E-state index in [2.05, 4.69) is 17.0 Å². The molecule has 0 aromatic heterocycles. The third kappa shape index (κ3) is 5.33. The van der Waals surface area contributed by atoms with E-state index < -0.39 is 16.1 Å². The number of benzene rings is 3. The Hall–Kier alpha value is -3.36. The Balaban J connectivity index is 1.29. The SMILES string of the molecule is O=C([C@H]1CN(S(=O)(=O)Cc2ccccc2)c2ccccc2O1)N1CCN(Cc2ccccc2)CC1. The zero-order valence-electron chi connectivity index (χ0n) is 19.5. The molecule has 2 heterocycles. The number of carbonyl (C=O) groups excluding carboxylic acids is 1. The van der Waals surface area contributed by atoms with Crippen LogP contribution in [-0.2, 0) is 27.1 Å². The minimum absolute atomic E-state index is 0.0325. The molecular formula is C27H29N3O4S. The normalized spacial score (nSPS) is 18.6. The van der Waals surface area contributed by atoms with Gasteiger partial charge in [-0.25, -0.2) is 8.42 Å². The third-order valence-electron chi connectivity index (χ3n) is 6.47. The molecule has 3 aromatic carbocycles. The van der Waals surface area contributed by atoms with E-state index in [1.54, 1.807) is 41.3 Å². The van der Waals surface area contributed by atoms with Crippen molar-refractivity contribution in [3.05, 3.63) is 96.1 Å². The number of hydrogen-bond donors (Lipinski definition) is 0. The molecule has 8 heteroatoms. The number of anilines is 1. The van der Waals surface area contributed by atoms with Gasteiger partial charge in [0.2, 0.25) is 10.0 Å². The third-order valence-corrected chi connectivity index (χ3v) is 8.19. The average molecular weight is 492 g/mol. The van der Waals surface area contributed by atoms with E-state index in [1.165, 1.54) is 9.87 Å². The first kappa shape index (κ1) is 23.4. The second-order valence-corrected chi connectivity index (χ2v) is 10.8. The van der Waals surface area contributed by atoms with Crippen molar-refractivity contribution >= 4 is 21.6 Å². The topological polar surface area (TPSA) is 70.2 Å². The van der Waals surface area contributed by atoms with Gasteiger partial charge >= 0.3 is 0 Å². The van der Waals surface area contributed by atoms with Crippen LogP contribution in [0.2, 0.25) is 0 Å². The van der Waals surface area contributed by atoms with Crippen LogP contribution in [0.4, 0.5) is 5.69 Å². The maximum Gasteiger partial charge on any atom is 0.265 e. The molecule has 2 aliphatic heterocycles. The molecule has 182 valence electrons. The van der Waals surface area contributed by atoms with Crippen molar-refractivity contribution < 1.29 is 17.9 Å². The van der Waals surface area contributed by atoms with Gasteiger partial charge in [-0.1, -0.05) is 72.8 Å². The van der Waals surface area contributed by atoms with Crippen LogP contribution in [0.5, 0.6) is 5.75 Å². The highest BCUT2D eigenvalue weighted by atomic mass is 32.2. The predicted molar refractivity (Wildman–Crippen MR) is 136 cm³/mol. The van der Waals surface area contributed by atoms with E-state index in [4.69, 9.17) is 4.74 Å². The van der Waals surface area contributed by atoms with Crippen LogP contribution in [0, 0.1) is 0 Å². The van der Waals surface area contributed by atoms with Crippen molar-refractivity contribution in [2.24, 2.45) is 0 Å². The second kappa shape index (κ2) is 10.1. The lowest BCUT2D eigenvalue weighted by Gasteiger charge is -2.39. The standard InChI is InChI=1S/C27H29N3O4S/c31-27(29-17-15-28(16-18-29)19-22-9-3-1-4-10-22)26-20-30(24-13-7-8-14-25(24)34-26)35(32,33)21-23-11-5-2-6-12-23/h1-14,26H,15-21H2/t26-/m1/s1. The first-order valence-electron chi connectivity index (χ1n) is 11.8. The molecule has 1 saturated heterocycles. The van der Waals surface area contributed by atoms with Crippen molar-refractivity contribution in [2.75, 3.05) is 37.0 Å². The number of ether oxygens (including phenoxy) is 1. The summed E-state index contributed by atoms with van der Waals surface area (Å²) in [6.45, 7) is 3.52. The summed E-state index contributed by atoms with van der Waals surface area (Å²) in [5.74, 6) is 0.108. The fraction of sp³-hybridized carbons (Fsp3) is 0.296. The summed E-state index contributed by atoms with van der Waals surface area (Å²) in [5, 5.41) is 0. The molecular weight excluding hydrogens is 462 g/mol. The summed E-state index contributed by atoms with van der Waals surface area (Å²) in [6, 6.07) is 26.4. The van der Waals surface area contributed by atoms with Crippen molar-refractivity contribution in [3.63, 3.8) is 0 Å². The predicted octanol–water partition coefficient (Wildman–Crippen LogP) is 3.13. The minimum Gasteiger partial charge on any atom is -0.476 e. The van der Waals surface area contributed by atoms with Gasteiger partial charge in [0.15, 0.2) is 6.10 Å². The smallest absolute Gasteiger partial charge is 0.265 e. The first-order chi connectivity index (χ1) is 17.0. The van der Waals surface area contributed by atoms with Crippen LogP contribution in [0.1, 0.15) is 11.1 Å². The molecule has 3 aromatic rings. The summed E-state index contributed by atoms with van der Waals surface area (Å²) >= 11 is 0. The number of amides is 1. The Kier molecular flexibility index (Phi) is 6.74. The molecule has 0 saturated carbocycles. The number of piperazine rings is 1. The van der Waals surface area contributed by atoms with Crippen LogP contribution >= 0.6 is 0 Å². The molecule has 1 amide bonds. The molecule has 0 N–H and O–H groups in total. The van der Waals surface area contributed by atoms with Crippen LogP contribution in [0.15, 0.2) is 84.9 Å². The van der Waals surface area contributed by atoms with Gasteiger partial charge in [0.1, 0.15) is 5.75 Å². The number of nitrogens with zero attached hydrogens (tertiary/aromatic N) is 3. The lowest BCUT2D eigenvalue weighted by molar-refractivity contribution is -0.140. The summed E-state index contributed by atoms with van der Waals surface area (Å²) in [6.07, 6.45) is -0.879. The Morgan fingerprint density at radius 3 is 2.09 bits per heavy atom. The van der Waals surface area contributed by atoms with Crippen LogP contribution in [-0.4, -0.2) is 63.0 Å². The quantitative estimate of drug-likeness (QED) is 0.530. The van der Waals surface area contributed by atoms with Crippen LogP contribution < -0.4 is 9.04 Å². The van der Waals surface area contributed by atoms with Crippen molar-refractivity contribution in [1.29, 1.82) is 0 Å². The van der Waals surface area contributed by atoms with Gasteiger partial charge in [-0.2, -0.15) is 0 Å². The average Bonchev–Trinajstić information content (AvgIpc) is 2.89. The van der Waals surface area contributed by atoms with E-state index in [1.807, 2.05) is 36.4 Å². The van der Waals surface area contributed by atoms with E-state index in [9.17, 15) is 13.2 Å². The summed E-state index contributed by atoms with van der Waals surface area (Å²) in [5.41, 5.74) is 2.42. The molecule has 0 radical (unpaired) electrons. The highest BCUT2D eigenvalue weighted by Crippen LogP contribution is 2.36.